The number of rotatable bonds is 3. The molecular weight excluding hydrogens is 332 g/mol. The molecular formula is C16H13BrN2O2. The van der Waals surface area contributed by atoms with E-state index >= 15 is 0 Å². The number of nitriles is 1. The van der Waals surface area contributed by atoms with Crippen LogP contribution in [0, 0.1) is 18.3 Å². The Hall–Kier alpha value is -2.32. The first-order valence-corrected chi connectivity index (χ1v) is 7.00. The van der Waals surface area contributed by atoms with E-state index in [9.17, 15) is 4.79 Å². The summed E-state index contributed by atoms with van der Waals surface area (Å²) < 4.78 is 6.08. The van der Waals surface area contributed by atoms with Crippen molar-refractivity contribution >= 4 is 27.5 Å². The van der Waals surface area contributed by atoms with E-state index in [0.29, 0.717) is 22.6 Å². The Kier molecular flexibility index (Phi) is 4.61. The van der Waals surface area contributed by atoms with Crippen molar-refractivity contribution in [1.82, 2.24) is 0 Å². The van der Waals surface area contributed by atoms with Gasteiger partial charge in [-0.15, -0.1) is 0 Å². The van der Waals surface area contributed by atoms with Crippen LogP contribution in [-0.2, 0) is 0 Å². The Labute approximate surface area is 131 Å². The zero-order valence-electron chi connectivity index (χ0n) is 11.6. The number of hydrogen-bond acceptors (Lipinski definition) is 3. The minimum Gasteiger partial charge on any atom is -0.495 e. The molecule has 5 heteroatoms. The van der Waals surface area contributed by atoms with Crippen LogP contribution in [0.15, 0.2) is 40.9 Å². The van der Waals surface area contributed by atoms with Crippen LogP contribution in [0.5, 0.6) is 5.75 Å². The number of amides is 1. The molecule has 0 fully saturated rings. The highest BCUT2D eigenvalue weighted by Crippen LogP contribution is 2.27. The molecule has 2 aromatic carbocycles. The maximum Gasteiger partial charge on any atom is 0.256 e. The molecule has 0 radical (unpaired) electrons. The lowest BCUT2D eigenvalue weighted by atomic mass is 10.1. The van der Waals surface area contributed by atoms with Crippen LogP contribution < -0.4 is 10.1 Å². The molecule has 2 aromatic rings. The highest BCUT2D eigenvalue weighted by Gasteiger charge is 2.13. The lowest BCUT2D eigenvalue weighted by Gasteiger charge is -2.12. The molecule has 1 N–H and O–H groups in total. The fourth-order valence-electron chi connectivity index (χ4n) is 1.91. The van der Waals surface area contributed by atoms with Crippen molar-refractivity contribution in [3.63, 3.8) is 0 Å². The van der Waals surface area contributed by atoms with Crippen LogP contribution in [0.25, 0.3) is 0 Å². The predicted molar refractivity (Wildman–Crippen MR) is 84.5 cm³/mol. The average Bonchev–Trinajstić information content (AvgIpc) is 2.50. The van der Waals surface area contributed by atoms with Crippen LogP contribution in [0.3, 0.4) is 0 Å². The van der Waals surface area contributed by atoms with Crippen LogP contribution in [0.4, 0.5) is 5.69 Å². The van der Waals surface area contributed by atoms with Gasteiger partial charge in [0.15, 0.2) is 0 Å². The number of carbonyl (C=O) groups excluding carboxylic acids is 1. The van der Waals surface area contributed by atoms with Gasteiger partial charge in [0, 0.05) is 16.1 Å². The number of anilines is 1. The minimum absolute atomic E-state index is 0.225. The molecule has 4 nitrogen and oxygen atoms in total. The van der Waals surface area contributed by atoms with Gasteiger partial charge in [-0.05, 0) is 36.8 Å². The highest BCUT2D eigenvalue weighted by molar-refractivity contribution is 9.10. The predicted octanol–water partition coefficient (Wildman–Crippen LogP) is 3.89. The average molecular weight is 345 g/mol. The van der Waals surface area contributed by atoms with Gasteiger partial charge in [0.1, 0.15) is 5.75 Å². The number of nitrogens with one attached hydrogen (secondary N) is 1. The monoisotopic (exact) mass is 344 g/mol. The molecule has 21 heavy (non-hydrogen) atoms. The van der Waals surface area contributed by atoms with Gasteiger partial charge in [-0.2, -0.15) is 5.26 Å². The van der Waals surface area contributed by atoms with E-state index in [2.05, 4.69) is 21.2 Å². The Balaban J connectivity index is 2.32. The Morgan fingerprint density at radius 2 is 2.10 bits per heavy atom. The highest BCUT2D eigenvalue weighted by atomic mass is 79.9. The number of methoxy groups -OCH3 is 1. The summed E-state index contributed by atoms with van der Waals surface area (Å²) in [5, 5.41) is 11.7. The Bertz CT molecular complexity index is 736. The molecule has 0 aliphatic rings. The van der Waals surface area contributed by atoms with Gasteiger partial charge in [0.25, 0.3) is 5.91 Å². The first-order chi connectivity index (χ1) is 10.1. The molecule has 0 aromatic heterocycles. The summed E-state index contributed by atoms with van der Waals surface area (Å²) in [6.45, 7) is 1.87. The summed E-state index contributed by atoms with van der Waals surface area (Å²) in [6.07, 6.45) is 0. The molecule has 1 amide bonds. The second kappa shape index (κ2) is 6.42. The number of ether oxygens (including phenoxy) is 1. The van der Waals surface area contributed by atoms with E-state index in [1.807, 2.05) is 25.1 Å². The summed E-state index contributed by atoms with van der Waals surface area (Å²) >= 11 is 3.41. The van der Waals surface area contributed by atoms with Crippen molar-refractivity contribution in [2.45, 2.75) is 6.92 Å². The smallest absolute Gasteiger partial charge is 0.256 e. The van der Waals surface area contributed by atoms with Crippen LogP contribution >= 0.6 is 15.9 Å². The van der Waals surface area contributed by atoms with Crippen molar-refractivity contribution in [3.8, 4) is 11.8 Å². The van der Waals surface area contributed by atoms with Gasteiger partial charge < -0.3 is 10.1 Å². The zero-order valence-corrected chi connectivity index (χ0v) is 13.2. The normalized spacial score (nSPS) is 9.81. The zero-order chi connectivity index (χ0) is 15.4. The van der Waals surface area contributed by atoms with Crippen LogP contribution in [0.1, 0.15) is 21.5 Å². The van der Waals surface area contributed by atoms with Crippen molar-refractivity contribution in [1.29, 1.82) is 5.26 Å². The Morgan fingerprint density at radius 3 is 2.76 bits per heavy atom. The summed E-state index contributed by atoms with van der Waals surface area (Å²) in [6, 6.07) is 12.4. The second-order valence-corrected chi connectivity index (χ2v) is 5.25. The fourth-order valence-corrected chi connectivity index (χ4v) is 2.27. The standard InChI is InChI=1S/C16H13BrN2O2/c1-10-12(4-3-5-13(10)17)16(20)19-14-7-6-11(9-18)8-15(14)21-2/h3-8H,1-2H3,(H,19,20). The molecule has 106 valence electrons. The molecule has 0 atom stereocenters. The fraction of sp³-hybridized carbons (Fsp3) is 0.125. The molecule has 0 heterocycles. The molecule has 0 aliphatic carbocycles. The minimum atomic E-state index is -0.225. The third-order valence-corrected chi connectivity index (χ3v) is 3.95. The quantitative estimate of drug-likeness (QED) is 0.918. The maximum atomic E-state index is 12.4. The van der Waals surface area contributed by atoms with Crippen molar-refractivity contribution in [3.05, 3.63) is 57.6 Å². The van der Waals surface area contributed by atoms with Gasteiger partial charge >= 0.3 is 0 Å². The van der Waals surface area contributed by atoms with Gasteiger partial charge in [-0.25, -0.2) is 0 Å². The lowest BCUT2D eigenvalue weighted by Crippen LogP contribution is -2.14. The maximum absolute atomic E-state index is 12.4. The van der Waals surface area contributed by atoms with E-state index in [1.165, 1.54) is 7.11 Å². The molecule has 0 bridgehead atoms. The third-order valence-electron chi connectivity index (χ3n) is 3.09. The summed E-state index contributed by atoms with van der Waals surface area (Å²) in [7, 11) is 1.50. The van der Waals surface area contributed by atoms with Gasteiger partial charge in [-0.1, -0.05) is 22.0 Å². The molecule has 0 saturated heterocycles. The lowest BCUT2D eigenvalue weighted by molar-refractivity contribution is 0.102. The van der Waals surface area contributed by atoms with Gasteiger partial charge in [0.2, 0.25) is 0 Å². The summed E-state index contributed by atoms with van der Waals surface area (Å²) in [5.41, 5.74) is 2.45. The first kappa shape index (κ1) is 15.1. The Morgan fingerprint density at radius 1 is 1.33 bits per heavy atom. The van der Waals surface area contributed by atoms with E-state index in [1.54, 1.807) is 24.3 Å². The van der Waals surface area contributed by atoms with E-state index in [0.717, 1.165) is 10.0 Å². The van der Waals surface area contributed by atoms with Gasteiger partial charge in [0.05, 0.1) is 24.4 Å². The number of nitrogens with zero attached hydrogens (tertiary/aromatic N) is 1. The van der Waals surface area contributed by atoms with Crippen molar-refractivity contribution in [2.75, 3.05) is 12.4 Å². The van der Waals surface area contributed by atoms with Crippen molar-refractivity contribution < 1.29 is 9.53 Å². The van der Waals surface area contributed by atoms with E-state index in [-0.39, 0.29) is 5.91 Å². The first-order valence-electron chi connectivity index (χ1n) is 6.21. The topological polar surface area (TPSA) is 62.1 Å². The number of benzene rings is 2. The van der Waals surface area contributed by atoms with E-state index in [4.69, 9.17) is 10.00 Å². The second-order valence-electron chi connectivity index (χ2n) is 4.39. The molecule has 0 saturated carbocycles. The number of hydrogen-bond donors (Lipinski definition) is 1. The summed E-state index contributed by atoms with van der Waals surface area (Å²) in [4.78, 5) is 12.4. The van der Waals surface area contributed by atoms with Crippen molar-refractivity contribution in [2.24, 2.45) is 0 Å². The molecule has 0 aliphatic heterocycles. The van der Waals surface area contributed by atoms with E-state index < -0.39 is 0 Å². The van der Waals surface area contributed by atoms with Gasteiger partial charge in [-0.3, -0.25) is 4.79 Å². The SMILES string of the molecule is COc1cc(C#N)ccc1NC(=O)c1cccc(Br)c1C. The number of halogens is 1. The molecule has 2 rings (SSSR count). The van der Waals surface area contributed by atoms with Crippen LogP contribution in [0.2, 0.25) is 0 Å². The summed E-state index contributed by atoms with van der Waals surface area (Å²) in [5.74, 6) is 0.229. The largest absolute Gasteiger partial charge is 0.495 e. The molecule has 0 spiro atoms. The molecule has 0 unspecified atom stereocenters. The van der Waals surface area contributed by atoms with Crippen LogP contribution in [-0.4, -0.2) is 13.0 Å². The number of carbonyl (C=O) groups is 1. The third kappa shape index (κ3) is 3.23.